The van der Waals surface area contributed by atoms with Gasteiger partial charge < -0.3 is 5.32 Å². The second-order valence-electron chi connectivity index (χ2n) is 3.25. The maximum absolute atomic E-state index is 12.8. The van der Waals surface area contributed by atoms with Gasteiger partial charge in [0.15, 0.2) is 0 Å². The van der Waals surface area contributed by atoms with Crippen molar-refractivity contribution in [3.8, 4) is 0 Å². The first-order chi connectivity index (χ1) is 6.77. The average molecular weight is 232 g/mol. The van der Waals surface area contributed by atoms with Gasteiger partial charge in [-0.15, -0.1) is 0 Å². The number of nitrogens with one attached hydrogen (secondary N) is 1. The van der Waals surface area contributed by atoms with Crippen molar-refractivity contribution < 1.29 is 4.39 Å². The van der Waals surface area contributed by atoms with Crippen molar-refractivity contribution in [1.82, 2.24) is 5.32 Å². The zero-order valence-corrected chi connectivity index (χ0v) is 9.17. The lowest BCUT2D eigenvalue weighted by atomic mass is 10.1. The van der Waals surface area contributed by atoms with Gasteiger partial charge in [-0.2, -0.15) is 11.8 Å². The Morgan fingerprint density at radius 1 is 1.50 bits per heavy atom. The van der Waals surface area contributed by atoms with Crippen molar-refractivity contribution in [2.75, 3.05) is 18.1 Å². The quantitative estimate of drug-likeness (QED) is 0.798. The molecule has 1 fully saturated rings. The fraction of sp³-hybridized carbons (Fsp3) is 0.400. The summed E-state index contributed by atoms with van der Waals surface area (Å²) < 4.78 is 12.8. The zero-order valence-electron chi connectivity index (χ0n) is 7.59. The van der Waals surface area contributed by atoms with Gasteiger partial charge in [-0.05, 0) is 17.7 Å². The summed E-state index contributed by atoms with van der Waals surface area (Å²) in [6, 6.07) is 4.86. The lowest BCUT2D eigenvalue weighted by molar-refractivity contribution is 0.589. The van der Waals surface area contributed by atoms with Crippen LogP contribution < -0.4 is 5.32 Å². The first-order valence-corrected chi connectivity index (χ1v) is 6.07. The Kier molecular flexibility index (Phi) is 3.31. The van der Waals surface area contributed by atoms with E-state index in [1.807, 2.05) is 11.8 Å². The third-order valence-electron chi connectivity index (χ3n) is 2.26. The van der Waals surface area contributed by atoms with Crippen LogP contribution in [-0.2, 0) is 0 Å². The highest BCUT2D eigenvalue weighted by atomic mass is 35.5. The van der Waals surface area contributed by atoms with Gasteiger partial charge in [-0.3, -0.25) is 0 Å². The maximum Gasteiger partial charge on any atom is 0.124 e. The van der Waals surface area contributed by atoms with Crippen molar-refractivity contribution in [1.29, 1.82) is 0 Å². The molecule has 0 aromatic heterocycles. The number of halogens is 2. The molecule has 1 unspecified atom stereocenters. The second-order valence-corrected chi connectivity index (χ2v) is 4.80. The topological polar surface area (TPSA) is 12.0 Å². The minimum Gasteiger partial charge on any atom is -0.308 e. The molecule has 76 valence electrons. The van der Waals surface area contributed by atoms with Crippen LogP contribution in [0.4, 0.5) is 4.39 Å². The summed E-state index contributed by atoms with van der Waals surface area (Å²) in [6.45, 7) is 0.989. The van der Waals surface area contributed by atoms with Crippen LogP contribution in [0.5, 0.6) is 0 Å². The van der Waals surface area contributed by atoms with Crippen molar-refractivity contribution in [2.45, 2.75) is 6.04 Å². The van der Waals surface area contributed by atoms with E-state index in [0.717, 1.165) is 23.6 Å². The van der Waals surface area contributed by atoms with E-state index < -0.39 is 0 Å². The molecule has 1 saturated heterocycles. The Labute approximate surface area is 92.0 Å². The van der Waals surface area contributed by atoms with Gasteiger partial charge in [0.05, 0.1) is 0 Å². The predicted octanol–water partition coefficient (Wildman–Crippen LogP) is 2.86. The third-order valence-corrected chi connectivity index (χ3v) is 3.65. The molecule has 0 bridgehead atoms. The van der Waals surface area contributed by atoms with Gasteiger partial charge in [0.2, 0.25) is 0 Å². The molecule has 1 aromatic carbocycles. The van der Waals surface area contributed by atoms with E-state index in [4.69, 9.17) is 11.6 Å². The molecule has 1 heterocycles. The van der Waals surface area contributed by atoms with E-state index in [1.165, 1.54) is 12.1 Å². The number of thioether (sulfide) groups is 1. The van der Waals surface area contributed by atoms with Gasteiger partial charge in [0, 0.05) is 29.1 Å². The smallest absolute Gasteiger partial charge is 0.124 e. The fourth-order valence-electron chi connectivity index (χ4n) is 1.55. The van der Waals surface area contributed by atoms with Gasteiger partial charge in [0.25, 0.3) is 0 Å². The Bertz CT molecular complexity index is 326. The molecule has 1 nitrogen and oxygen atoms in total. The van der Waals surface area contributed by atoms with Crippen molar-refractivity contribution in [3.05, 3.63) is 34.6 Å². The van der Waals surface area contributed by atoms with Crippen LogP contribution in [0.25, 0.3) is 0 Å². The average Bonchev–Trinajstić information content (AvgIpc) is 2.19. The SMILES string of the molecule is Fc1ccc(C2CSCCN2)c(Cl)c1. The molecular formula is C10H11ClFNS. The third kappa shape index (κ3) is 2.22. The Morgan fingerprint density at radius 3 is 3.00 bits per heavy atom. The summed E-state index contributed by atoms with van der Waals surface area (Å²) in [5, 5.41) is 3.89. The molecule has 1 atom stereocenters. The normalized spacial score (nSPS) is 22.3. The zero-order chi connectivity index (χ0) is 9.97. The van der Waals surface area contributed by atoms with E-state index in [-0.39, 0.29) is 11.9 Å². The number of rotatable bonds is 1. The molecule has 0 aliphatic carbocycles. The summed E-state index contributed by atoms with van der Waals surface area (Å²) in [4.78, 5) is 0. The molecule has 1 aliphatic rings. The minimum atomic E-state index is -0.276. The van der Waals surface area contributed by atoms with E-state index >= 15 is 0 Å². The standard InChI is InChI=1S/C10H11ClFNS/c11-9-5-7(12)1-2-8(9)10-6-14-4-3-13-10/h1-2,5,10,13H,3-4,6H2. The number of hydrogen-bond donors (Lipinski definition) is 1. The summed E-state index contributed by atoms with van der Waals surface area (Å²) in [6.07, 6.45) is 0. The van der Waals surface area contributed by atoms with Crippen LogP contribution in [0, 0.1) is 5.82 Å². The highest BCUT2D eigenvalue weighted by Crippen LogP contribution is 2.28. The van der Waals surface area contributed by atoms with Crippen molar-refractivity contribution in [3.63, 3.8) is 0 Å². The summed E-state index contributed by atoms with van der Waals surface area (Å²) >= 11 is 7.87. The van der Waals surface area contributed by atoms with Gasteiger partial charge >= 0.3 is 0 Å². The summed E-state index contributed by atoms with van der Waals surface area (Å²) in [7, 11) is 0. The molecule has 1 aromatic rings. The van der Waals surface area contributed by atoms with Crippen molar-refractivity contribution in [2.24, 2.45) is 0 Å². The van der Waals surface area contributed by atoms with Gasteiger partial charge in [0.1, 0.15) is 5.82 Å². The highest BCUT2D eigenvalue weighted by molar-refractivity contribution is 7.99. The van der Waals surface area contributed by atoms with Crippen LogP contribution in [-0.4, -0.2) is 18.1 Å². The molecule has 4 heteroatoms. The molecule has 1 aliphatic heterocycles. The predicted molar refractivity (Wildman–Crippen MR) is 59.5 cm³/mol. The van der Waals surface area contributed by atoms with Gasteiger partial charge in [-0.25, -0.2) is 4.39 Å². The maximum atomic E-state index is 12.8. The Hall–Kier alpha value is -0.250. The molecule has 1 N–H and O–H groups in total. The Morgan fingerprint density at radius 2 is 2.36 bits per heavy atom. The molecule has 14 heavy (non-hydrogen) atoms. The molecule has 0 saturated carbocycles. The van der Waals surface area contributed by atoms with Crippen LogP contribution in [0.15, 0.2) is 18.2 Å². The van der Waals surface area contributed by atoms with Crippen LogP contribution >= 0.6 is 23.4 Å². The minimum absolute atomic E-state index is 0.266. The molecule has 0 amide bonds. The lowest BCUT2D eigenvalue weighted by Gasteiger charge is -2.24. The molecule has 0 radical (unpaired) electrons. The first kappa shape index (κ1) is 10.3. The van der Waals surface area contributed by atoms with Crippen LogP contribution in [0.1, 0.15) is 11.6 Å². The van der Waals surface area contributed by atoms with E-state index in [9.17, 15) is 4.39 Å². The number of hydrogen-bond acceptors (Lipinski definition) is 2. The van der Waals surface area contributed by atoms with E-state index in [1.54, 1.807) is 6.07 Å². The first-order valence-electron chi connectivity index (χ1n) is 4.53. The van der Waals surface area contributed by atoms with Gasteiger partial charge in [-0.1, -0.05) is 17.7 Å². The van der Waals surface area contributed by atoms with E-state index in [2.05, 4.69) is 5.32 Å². The molecule has 0 spiro atoms. The molecule has 2 rings (SSSR count). The largest absolute Gasteiger partial charge is 0.308 e. The summed E-state index contributed by atoms with van der Waals surface area (Å²) in [5.74, 6) is 1.86. The van der Waals surface area contributed by atoms with E-state index in [0.29, 0.717) is 5.02 Å². The lowest BCUT2D eigenvalue weighted by Crippen LogP contribution is -2.30. The Balaban J connectivity index is 2.22. The van der Waals surface area contributed by atoms with Crippen LogP contribution in [0.2, 0.25) is 5.02 Å². The monoisotopic (exact) mass is 231 g/mol. The second kappa shape index (κ2) is 4.51. The van der Waals surface area contributed by atoms with Crippen LogP contribution in [0.3, 0.4) is 0 Å². The fourth-order valence-corrected chi connectivity index (χ4v) is 2.81. The molecular weight excluding hydrogens is 221 g/mol. The number of benzene rings is 1. The highest BCUT2D eigenvalue weighted by Gasteiger charge is 2.17. The summed E-state index contributed by atoms with van der Waals surface area (Å²) in [5.41, 5.74) is 1.00. The van der Waals surface area contributed by atoms with Crippen molar-refractivity contribution >= 4 is 23.4 Å².